The van der Waals surface area contributed by atoms with E-state index in [4.69, 9.17) is 4.43 Å². The minimum atomic E-state index is -2.85. The van der Waals surface area contributed by atoms with Crippen molar-refractivity contribution in [3.8, 4) is 5.75 Å². The first-order valence-corrected chi connectivity index (χ1v) is 15.9. The summed E-state index contributed by atoms with van der Waals surface area (Å²) in [5.74, 6) is 0.0971. The molecule has 5 aromatic rings. The van der Waals surface area contributed by atoms with E-state index in [1.165, 1.54) is 0 Å². The second-order valence-corrected chi connectivity index (χ2v) is 15.7. The van der Waals surface area contributed by atoms with E-state index in [1.54, 1.807) is 36.4 Å². The van der Waals surface area contributed by atoms with E-state index in [1.807, 2.05) is 60.7 Å². The maximum absolute atomic E-state index is 17.1. The van der Waals surface area contributed by atoms with Crippen LogP contribution < -0.4 is 14.8 Å². The van der Waals surface area contributed by atoms with Crippen LogP contribution in [0.2, 0.25) is 5.04 Å². The van der Waals surface area contributed by atoms with Crippen LogP contribution in [0, 0.1) is 0 Å². The van der Waals surface area contributed by atoms with Crippen LogP contribution in [0.5, 0.6) is 5.75 Å². The summed E-state index contributed by atoms with van der Waals surface area (Å²) in [5.41, 5.74) is -0.825. The molecule has 0 aliphatic carbocycles. The normalized spacial score (nSPS) is 13.3. The third-order valence-electron chi connectivity index (χ3n) is 7.69. The van der Waals surface area contributed by atoms with Crippen molar-refractivity contribution in [1.82, 2.24) is 0 Å². The number of alkyl halides is 1. The third-order valence-corrected chi connectivity index (χ3v) is 12.6. The highest BCUT2D eigenvalue weighted by atomic mass is 28.4. The van der Waals surface area contributed by atoms with E-state index in [0.29, 0.717) is 16.9 Å². The number of halogens is 1. The predicted octanol–water partition coefficient (Wildman–Crippen LogP) is 7.92. The van der Waals surface area contributed by atoms with Gasteiger partial charge in [-0.15, -0.1) is 0 Å². The van der Waals surface area contributed by atoms with E-state index in [9.17, 15) is 4.79 Å². The highest BCUT2D eigenvalue weighted by Crippen LogP contribution is 2.39. The highest BCUT2D eigenvalue weighted by molar-refractivity contribution is 7.00. The van der Waals surface area contributed by atoms with E-state index in [2.05, 4.69) is 69.3 Å². The Morgan fingerprint density at radius 1 is 0.634 bits per heavy atom. The Kier molecular flexibility index (Phi) is 8.05. The van der Waals surface area contributed by atoms with Crippen LogP contribution in [0.1, 0.15) is 42.3 Å². The molecule has 0 amide bonds. The number of hydrogen-bond acceptors (Lipinski definition) is 2. The van der Waals surface area contributed by atoms with Gasteiger partial charge in [-0.2, -0.15) is 0 Å². The molecule has 41 heavy (non-hydrogen) atoms. The molecule has 0 heterocycles. The predicted molar refractivity (Wildman–Crippen MR) is 168 cm³/mol. The van der Waals surface area contributed by atoms with Gasteiger partial charge in [0.05, 0.1) is 0 Å². The van der Waals surface area contributed by atoms with E-state index in [-0.39, 0.29) is 11.5 Å². The minimum Gasteiger partial charge on any atom is -0.534 e. The van der Waals surface area contributed by atoms with Crippen LogP contribution in [0.4, 0.5) is 4.39 Å². The Hall–Kier alpha value is -4.28. The summed E-state index contributed by atoms with van der Waals surface area (Å²) in [6, 6.07) is 45.8. The van der Waals surface area contributed by atoms with Gasteiger partial charge in [0.25, 0.3) is 0 Å². The first-order chi connectivity index (χ1) is 19.7. The second kappa shape index (κ2) is 11.7. The topological polar surface area (TPSA) is 26.3 Å². The summed E-state index contributed by atoms with van der Waals surface area (Å²) in [5, 5.41) is 2.10. The van der Waals surface area contributed by atoms with E-state index < -0.39 is 19.8 Å². The lowest BCUT2D eigenvalue weighted by Gasteiger charge is -2.43. The standard InChI is InChI=1S/C37H35FO2Si/c1-36(2,3)41(33-20-12-6-13-21-33,34-22-14-7-15-23-34)40-32-26-24-31(25-27-32)37(38,28-29-16-8-4-9-17-29)35(39)30-18-10-5-11-19-30/h4-27H,28H2,1-3H3/t37-/m0/s1. The molecule has 1 atom stereocenters. The van der Waals surface area contributed by atoms with E-state index in [0.717, 1.165) is 15.9 Å². The first-order valence-electron chi connectivity index (χ1n) is 14.0. The van der Waals surface area contributed by atoms with Crippen molar-refractivity contribution in [3.63, 3.8) is 0 Å². The number of benzene rings is 5. The molecule has 5 aromatic carbocycles. The van der Waals surface area contributed by atoms with Gasteiger partial charge in [-0.25, -0.2) is 4.39 Å². The highest BCUT2D eigenvalue weighted by Gasteiger charge is 2.52. The van der Waals surface area contributed by atoms with Gasteiger partial charge in [0.15, 0.2) is 0 Å². The monoisotopic (exact) mass is 558 g/mol. The number of carbonyl (C=O) groups is 1. The van der Waals surface area contributed by atoms with Crippen molar-refractivity contribution in [2.45, 2.75) is 37.9 Å². The second-order valence-electron chi connectivity index (χ2n) is 11.4. The molecular weight excluding hydrogens is 523 g/mol. The molecule has 0 radical (unpaired) electrons. The van der Waals surface area contributed by atoms with Crippen molar-refractivity contribution >= 4 is 24.5 Å². The van der Waals surface area contributed by atoms with Gasteiger partial charge in [0.2, 0.25) is 11.5 Å². The Balaban J connectivity index is 1.58. The molecule has 0 aliphatic heterocycles. The fourth-order valence-corrected chi connectivity index (χ4v) is 10.0. The van der Waals surface area contributed by atoms with Crippen molar-refractivity contribution in [1.29, 1.82) is 0 Å². The van der Waals surface area contributed by atoms with Crippen LogP contribution in [-0.2, 0) is 12.1 Å². The Morgan fingerprint density at radius 3 is 1.54 bits per heavy atom. The zero-order valence-corrected chi connectivity index (χ0v) is 24.8. The molecule has 0 aromatic heterocycles. The molecule has 5 rings (SSSR count). The van der Waals surface area contributed by atoms with Crippen LogP contribution in [-0.4, -0.2) is 14.1 Å². The molecule has 206 valence electrons. The van der Waals surface area contributed by atoms with E-state index >= 15 is 4.39 Å². The summed E-state index contributed by atoms with van der Waals surface area (Å²) < 4.78 is 24.2. The molecule has 0 bridgehead atoms. The summed E-state index contributed by atoms with van der Waals surface area (Å²) >= 11 is 0. The molecule has 0 aliphatic rings. The summed E-state index contributed by atoms with van der Waals surface area (Å²) in [6.07, 6.45) is -0.0590. The van der Waals surface area contributed by atoms with Gasteiger partial charge < -0.3 is 4.43 Å². The molecule has 2 nitrogen and oxygen atoms in total. The van der Waals surface area contributed by atoms with Crippen molar-refractivity contribution < 1.29 is 13.6 Å². The maximum atomic E-state index is 17.1. The van der Waals surface area contributed by atoms with Crippen molar-refractivity contribution in [3.05, 3.63) is 162 Å². The number of carbonyl (C=O) groups excluding carboxylic acids is 1. The smallest absolute Gasteiger partial charge is 0.319 e. The molecule has 0 spiro atoms. The minimum absolute atomic E-state index is 0.0590. The summed E-state index contributed by atoms with van der Waals surface area (Å²) in [4.78, 5) is 13.7. The summed E-state index contributed by atoms with van der Waals surface area (Å²) in [6.45, 7) is 6.66. The Labute approximate surface area is 243 Å². The molecule has 0 saturated carbocycles. The number of ketones is 1. The van der Waals surface area contributed by atoms with Crippen molar-refractivity contribution in [2.24, 2.45) is 0 Å². The lowest BCUT2D eigenvalue weighted by molar-refractivity contribution is 0.0676. The third kappa shape index (κ3) is 5.66. The van der Waals surface area contributed by atoms with Gasteiger partial charge in [-0.1, -0.05) is 154 Å². The maximum Gasteiger partial charge on any atom is 0.319 e. The lowest BCUT2D eigenvalue weighted by atomic mass is 9.82. The van der Waals surface area contributed by atoms with Gasteiger partial charge in [0.1, 0.15) is 5.75 Å². The molecule has 0 unspecified atom stereocenters. The van der Waals surface area contributed by atoms with Gasteiger partial charge in [-0.3, -0.25) is 4.79 Å². The van der Waals surface area contributed by atoms with Crippen LogP contribution in [0.15, 0.2) is 146 Å². The van der Waals surface area contributed by atoms with Gasteiger partial charge in [-0.05, 0) is 38.7 Å². The Morgan fingerprint density at radius 2 is 1.07 bits per heavy atom. The number of hydrogen-bond donors (Lipinski definition) is 0. The van der Waals surface area contributed by atoms with Crippen molar-refractivity contribution in [2.75, 3.05) is 0 Å². The first kappa shape index (κ1) is 28.3. The zero-order chi connectivity index (χ0) is 28.9. The average Bonchev–Trinajstić information content (AvgIpc) is 3.01. The average molecular weight is 559 g/mol. The molecule has 0 N–H and O–H groups in total. The number of rotatable bonds is 9. The SMILES string of the molecule is CC(C)(C)[Si](Oc1ccc([C@@](F)(Cc2ccccc2)C(=O)c2ccccc2)cc1)(c1ccccc1)c1ccccc1. The number of Topliss-reactive ketones (excluding diaryl/α,β-unsaturated/α-hetero) is 1. The molecule has 0 saturated heterocycles. The fourth-order valence-electron chi connectivity index (χ4n) is 5.62. The lowest BCUT2D eigenvalue weighted by Crippen LogP contribution is -2.68. The molecule has 0 fully saturated rings. The largest absolute Gasteiger partial charge is 0.534 e. The quantitative estimate of drug-likeness (QED) is 0.136. The van der Waals surface area contributed by atoms with Crippen LogP contribution in [0.3, 0.4) is 0 Å². The molecule has 4 heteroatoms. The molecular formula is C37H35FO2Si. The zero-order valence-electron chi connectivity index (χ0n) is 23.8. The summed E-state index contributed by atoms with van der Waals surface area (Å²) in [7, 11) is -2.85. The fraction of sp³-hybridized carbons (Fsp3) is 0.162. The van der Waals surface area contributed by atoms with Gasteiger partial charge >= 0.3 is 8.32 Å². The van der Waals surface area contributed by atoms with Gasteiger partial charge in [0, 0.05) is 12.0 Å². The Bertz CT molecular complexity index is 1530. The van der Waals surface area contributed by atoms with Crippen LogP contribution in [0.25, 0.3) is 0 Å². The van der Waals surface area contributed by atoms with Crippen LogP contribution >= 0.6 is 0 Å².